The van der Waals surface area contributed by atoms with Gasteiger partial charge in [0.1, 0.15) is 6.61 Å². The van der Waals surface area contributed by atoms with Crippen LogP contribution in [-0.2, 0) is 4.79 Å². The van der Waals surface area contributed by atoms with E-state index in [1.54, 1.807) is 24.3 Å². The summed E-state index contributed by atoms with van der Waals surface area (Å²) in [7, 11) is 0. The number of benzene rings is 1. The Morgan fingerprint density at radius 3 is 2.73 bits per heavy atom. The molecule has 1 aromatic heterocycles. The maximum absolute atomic E-state index is 11.7. The molecule has 0 saturated carbocycles. The van der Waals surface area contributed by atoms with Gasteiger partial charge >= 0.3 is 0 Å². The Morgan fingerprint density at radius 2 is 2.05 bits per heavy atom. The highest BCUT2D eigenvalue weighted by Crippen LogP contribution is 2.15. The van der Waals surface area contributed by atoms with Crippen molar-refractivity contribution in [1.29, 1.82) is 0 Å². The van der Waals surface area contributed by atoms with Gasteiger partial charge in [0.2, 0.25) is 11.8 Å². The first-order chi connectivity index (χ1) is 10.6. The Morgan fingerprint density at radius 1 is 1.27 bits per heavy atom. The van der Waals surface area contributed by atoms with Crippen molar-refractivity contribution < 1.29 is 14.6 Å². The molecule has 0 aliphatic carbocycles. The standard InChI is InChI=1S/C16H17ClN2O3/c17-13-6-7-16(19-11-13)22-9-8-18-15(21)10-14(20)12-4-2-1-3-5-12/h1-7,11,14,20H,8-10H2,(H,18,21). The van der Waals surface area contributed by atoms with Crippen LogP contribution in [0.2, 0.25) is 5.02 Å². The highest BCUT2D eigenvalue weighted by Gasteiger charge is 2.12. The van der Waals surface area contributed by atoms with Crippen molar-refractivity contribution in [3.63, 3.8) is 0 Å². The Labute approximate surface area is 133 Å². The Bertz CT molecular complexity index is 590. The monoisotopic (exact) mass is 320 g/mol. The minimum atomic E-state index is -0.806. The summed E-state index contributed by atoms with van der Waals surface area (Å²) in [6.07, 6.45) is 0.703. The molecule has 0 bridgehead atoms. The Hall–Kier alpha value is -2.11. The zero-order valence-electron chi connectivity index (χ0n) is 11.9. The van der Waals surface area contributed by atoms with E-state index < -0.39 is 6.10 Å². The maximum atomic E-state index is 11.7. The van der Waals surface area contributed by atoms with Crippen LogP contribution in [0.15, 0.2) is 48.7 Å². The van der Waals surface area contributed by atoms with E-state index >= 15 is 0 Å². The topological polar surface area (TPSA) is 71.5 Å². The van der Waals surface area contributed by atoms with E-state index in [0.29, 0.717) is 24.1 Å². The summed E-state index contributed by atoms with van der Waals surface area (Å²) in [5.41, 5.74) is 0.722. The summed E-state index contributed by atoms with van der Waals surface area (Å²) in [6, 6.07) is 12.4. The van der Waals surface area contributed by atoms with Crippen LogP contribution in [0.4, 0.5) is 0 Å². The van der Waals surface area contributed by atoms with Crippen LogP contribution >= 0.6 is 11.6 Å². The van der Waals surface area contributed by atoms with Gasteiger partial charge in [-0.3, -0.25) is 4.79 Å². The lowest BCUT2D eigenvalue weighted by atomic mass is 10.1. The number of aliphatic hydroxyl groups excluding tert-OH is 1. The first kappa shape index (κ1) is 16.3. The lowest BCUT2D eigenvalue weighted by Gasteiger charge is -2.11. The van der Waals surface area contributed by atoms with Gasteiger partial charge < -0.3 is 15.2 Å². The fourth-order valence-electron chi connectivity index (χ4n) is 1.83. The predicted molar refractivity (Wildman–Crippen MR) is 83.8 cm³/mol. The third-order valence-electron chi connectivity index (χ3n) is 2.94. The fraction of sp³-hybridized carbons (Fsp3) is 0.250. The molecule has 22 heavy (non-hydrogen) atoms. The number of aromatic nitrogens is 1. The molecule has 2 N–H and O–H groups in total. The van der Waals surface area contributed by atoms with Gasteiger partial charge in [0, 0.05) is 12.3 Å². The molecule has 116 valence electrons. The van der Waals surface area contributed by atoms with E-state index in [2.05, 4.69) is 10.3 Å². The summed E-state index contributed by atoms with van der Waals surface area (Å²) >= 11 is 5.71. The van der Waals surface area contributed by atoms with E-state index in [1.807, 2.05) is 18.2 Å². The molecule has 1 atom stereocenters. The number of pyridine rings is 1. The first-order valence-electron chi connectivity index (χ1n) is 6.89. The molecule has 0 aliphatic heterocycles. The molecule has 1 unspecified atom stereocenters. The molecule has 0 fully saturated rings. The summed E-state index contributed by atoms with van der Waals surface area (Å²) < 4.78 is 5.35. The van der Waals surface area contributed by atoms with Crippen molar-refractivity contribution in [2.45, 2.75) is 12.5 Å². The Kier molecular flexibility index (Phi) is 6.18. The first-order valence-corrected chi connectivity index (χ1v) is 7.27. The number of carbonyl (C=O) groups is 1. The molecular formula is C16H17ClN2O3. The molecule has 1 amide bonds. The van der Waals surface area contributed by atoms with Gasteiger partial charge in [0.25, 0.3) is 0 Å². The molecule has 1 heterocycles. The van der Waals surface area contributed by atoms with E-state index in [9.17, 15) is 9.90 Å². The van der Waals surface area contributed by atoms with Gasteiger partial charge in [-0.1, -0.05) is 41.9 Å². The SMILES string of the molecule is O=C(CC(O)c1ccccc1)NCCOc1ccc(Cl)cn1. The number of hydrogen-bond acceptors (Lipinski definition) is 4. The minimum Gasteiger partial charge on any atom is -0.476 e. The average molecular weight is 321 g/mol. The van der Waals surface area contributed by atoms with Gasteiger partial charge in [-0.2, -0.15) is 0 Å². The van der Waals surface area contributed by atoms with Gasteiger partial charge in [-0.25, -0.2) is 4.98 Å². The summed E-state index contributed by atoms with van der Waals surface area (Å²) in [4.78, 5) is 15.7. The largest absolute Gasteiger partial charge is 0.476 e. The smallest absolute Gasteiger partial charge is 0.223 e. The molecule has 2 rings (SSSR count). The average Bonchev–Trinajstić information content (AvgIpc) is 2.54. The quantitative estimate of drug-likeness (QED) is 0.768. The lowest BCUT2D eigenvalue weighted by Crippen LogP contribution is -2.29. The van der Waals surface area contributed by atoms with E-state index in [0.717, 1.165) is 5.56 Å². The van der Waals surface area contributed by atoms with Crippen LogP contribution in [0, 0.1) is 0 Å². The van der Waals surface area contributed by atoms with Crippen LogP contribution in [-0.4, -0.2) is 29.1 Å². The number of hydrogen-bond donors (Lipinski definition) is 2. The zero-order valence-corrected chi connectivity index (χ0v) is 12.7. The fourth-order valence-corrected chi connectivity index (χ4v) is 1.95. The minimum absolute atomic E-state index is 0.0171. The van der Waals surface area contributed by atoms with Gasteiger partial charge in [0.15, 0.2) is 0 Å². The van der Waals surface area contributed by atoms with Crippen LogP contribution < -0.4 is 10.1 Å². The lowest BCUT2D eigenvalue weighted by molar-refractivity contribution is -0.123. The van der Waals surface area contributed by atoms with E-state index in [4.69, 9.17) is 16.3 Å². The van der Waals surface area contributed by atoms with Crippen LogP contribution in [0.3, 0.4) is 0 Å². The molecule has 0 aliphatic rings. The summed E-state index contributed by atoms with van der Waals surface area (Å²) in [5.74, 6) is 0.215. The summed E-state index contributed by atoms with van der Waals surface area (Å²) in [5, 5.41) is 13.2. The third kappa shape index (κ3) is 5.35. The van der Waals surface area contributed by atoms with Crippen molar-refractivity contribution in [3.05, 3.63) is 59.2 Å². The predicted octanol–water partition coefficient (Wildman–Crippen LogP) is 2.35. The second kappa shape index (κ2) is 8.36. The third-order valence-corrected chi connectivity index (χ3v) is 3.16. The molecule has 5 nitrogen and oxygen atoms in total. The van der Waals surface area contributed by atoms with Gasteiger partial charge in [-0.05, 0) is 11.6 Å². The highest BCUT2D eigenvalue weighted by molar-refractivity contribution is 6.30. The van der Waals surface area contributed by atoms with Crippen molar-refractivity contribution in [3.8, 4) is 5.88 Å². The number of ether oxygens (including phenoxy) is 1. The molecule has 0 spiro atoms. The van der Waals surface area contributed by atoms with Crippen molar-refractivity contribution in [2.75, 3.05) is 13.2 Å². The van der Waals surface area contributed by atoms with E-state index in [-0.39, 0.29) is 12.3 Å². The molecule has 6 heteroatoms. The number of nitrogens with zero attached hydrogens (tertiary/aromatic N) is 1. The normalized spacial score (nSPS) is 11.7. The van der Waals surface area contributed by atoms with Crippen molar-refractivity contribution >= 4 is 17.5 Å². The van der Waals surface area contributed by atoms with Gasteiger partial charge in [0.05, 0.1) is 24.1 Å². The number of carbonyl (C=O) groups excluding carboxylic acids is 1. The second-order valence-corrected chi connectivity index (χ2v) is 5.08. The second-order valence-electron chi connectivity index (χ2n) is 4.64. The molecular weight excluding hydrogens is 304 g/mol. The van der Waals surface area contributed by atoms with Crippen molar-refractivity contribution in [1.82, 2.24) is 10.3 Å². The number of halogens is 1. The molecule has 0 saturated heterocycles. The molecule has 0 radical (unpaired) electrons. The van der Waals surface area contributed by atoms with Crippen LogP contribution in [0.5, 0.6) is 5.88 Å². The number of amides is 1. The maximum Gasteiger partial charge on any atom is 0.223 e. The van der Waals surface area contributed by atoms with Gasteiger partial charge in [-0.15, -0.1) is 0 Å². The van der Waals surface area contributed by atoms with Crippen LogP contribution in [0.1, 0.15) is 18.1 Å². The van der Waals surface area contributed by atoms with E-state index in [1.165, 1.54) is 6.20 Å². The number of aliphatic hydroxyl groups is 1. The number of rotatable bonds is 7. The zero-order chi connectivity index (χ0) is 15.8. The van der Waals surface area contributed by atoms with Crippen molar-refractivity contribution in [2.24, 2.45) is 0 Å². The number of nitrogens with one attached hydrogen (secondary N) is 1. The molecule has 1 aromatic carbocycles. The molecule has 2 aromatic rings. The summed E-state index contributed by atoms with van der Waals surface area (Å²) in [6.45, 7) is 0.631. The van der Waals surface area contributed by atoms with Crippen LogP contribution in [0.25, 0.3) is 0 Å². The Balaban J connectivity index is 1.66. The highest BCUT2D eigenvalue weighted by atomic mass is 35.5.